The molecule has 0 radical (unpaired) electrons. The van der Waals surface area contributed by atoms with E-state index in [9.17, 15) is 37.6 Å². The van der Waals surface area contributed by atoms with Gasteiger partial charge in [-0.2, -0.15) is 18.4 Å². The molecule has 310 valence electrons. The number of piperidine rings is 1. The molecule has 4 fully saturated rings. The van der Waals surface area contributed by atoms with Crippen LogP contribution in [0.2, 0.25) is 0 Å². The summed E-state index contributed by atoms with van der Waals surface area (Å²) in [6.07, 6.45) is -1.53. The molecule has 4 aliphatic rings. The normalized spacial score (nSPS) is 22.0. The highest BCUT2D eigenvalue weighted by molar-refractivity contribution is 7.81. The van der Waals surface area contributed by atoms with Gasteiger partial charge in [-0.25, -0.2) is 0 Å². The number of likely N-dealkylation sites (tertiary alicyclic amines) is 1. The van der Waals surface area contributed by atoms with E-state index in [1.165, 1.54) is 6.07 Å². The summed E-state index contributed by atoms with van der Waals surface area (Å²) in [5.41, 5.74) is -0.220. The number of imide groups is 1. The Morgan fingerprint density at radius 2 is 1.71 bits per heavy atom. The fraction of sp³-hybridized carbons (Fsp3) is 0.429. The number of piperazine rings is 1. The van der Waals surface area contributed by atoms with Gasteiger partial charge in [0, 0.05) is 55.2 Å². The van der Waals surface area contributed by atoms with Gasteiger partial charge in [0.25, 0.3) is 5.91 Å². The Hall–Kier alpha value is -5.57. The Bertz CT molecular complexity index is 2210. The van der Waals surface area contributed by atoms with Crippen LogP contribution in [0.1, 0.15) is 63.1 Å². The standard InChI is InChI=1S/C42H45F3N8O5S/c1-4-25-18-30(53-40(59)52(39(57)41(53,2)3)29-9-8-26(21-46)33(20-29)42(43,44)45)12-14-35(25)58-17-16-50-22-31-10-11-32(23-50)51(31)24-37(55)48-28-7-5-6-27(19-28)47-34-13-15-36(54)49-38(34)56/h5-9,12,14,18-20,31-32,34,47H,4,10-11,13,15-17,22-24H2,1-3H3,(H,48,55)(H,49,54,56). The minimum Gasteiger partial charge on any atom is -0.492 e. The Balaban J connectivity index is 0.931. The molecule has 4 saturated heterocycles. The van der Waals surface area contributed by atoms with Crippen molar-refractivity contribution < 1.29 is 37.1 Å². The van der Waals surface area contributed by atoms with Crippen molar-refractivity contribution in [1.29, 1.82) is 5.26 Å². The number of nitrogens with zero attached hydrogens (tertiary/aromatic N) is 5. The average Bonchev–Trinajstić information content (AvgIpc) is 3.51. The molecule has 0 saturated carbocycles. The Kier molecular flexibility index (Phi) is 11.7. The first-order valence-corrected chi connectivity index (χ1v) is 20.0. The van der Waals surface area contributed by atoms with Crippen LogP contribution in [-0.4, -0.2) is 95.0 Å². The molecule has 0 aliphatic carbocycles. The number of anilines is 4. The second-order valence-corrected chi connectivity index (χ2v) is 16.1. The van der Waals surface area contributed by atoms with E-state index in [0.29, 0.717) is 48.8 Å². The predicted octanol–water partition coefficient (Wildman–Crippen LogP) is 5.44. The lowest BCUT2D eigenvalue weighted by molar-refractivity contribution is -0.138. The molecule has 0 aromatic heterocycles. The van der Waals surface area contributed by atoms with Gasteiger partial charge in [-0.15, -0.1) is 0 Å². The van der Waals surface area contributed by atoms with E-state index in [1.807, 2.05) is 25.1 Å². The van der Waals surface area contributed by atoms with Gasteiger partial charge in [0.05, 0.1) is 29.4 Å². The molecule has 3 aromatic rings. The van der Waals surface area contributed by atoms with Crippen LogP contribution in [0.15, 0.2) is 60.7 Å². The SMILES string of the molecule is CCc1cc(N2C(=S)N(c3ccc(C#N)c(C(F)(F)F)c3)C(=O)C2(C)C)ccc1OCCN1CC2CCC(C1)N2CC(=O)Nc1cccc(NC2CCC(=O)NC2=O)c1. The van der Waals surface area contributed by atoms with Crippen molar-refractivity contribution in [2.24, 2.45) is 0 Å². The maximum absolute atomic E-state index is 13.8. The van der Waals surface area contributed by atoms with Gasteiger partial charge in [-0.1, -0.05) is 13.0 Å². The van der Waals surface area contributed by atoms with E-state index in [2.05, 4.69) is 25.8 Å². The molecule has 13 nitrogen and oxygen atoms in total. The lowest BCUT2D eigenvalue weighted by Gasteiger charge is -2.40. The predicted molar refractivity (Wildman–Crippen MR) is 219 cm³/mol. The van der Waals surface area contributed by atoms with E-state index in [4.69, 9.17) is 17.0 Å². The molecule has 4 heterocycles. The van der Waals surface area contributed by atoms with Gasteiger partial charge in [0.15, 0.2) is 5.11 Å². The lowest BCUT2D eigenvalue weighted by atomic mass is 10.0. The molecule has 3 N–H and O–H groups in total. The highest BCUT2D eigenvalue weighted by atomic mass is 32.1. The molecule has 0 spiro atoms. The monoisotopic (exact) mass is 830 g/mol. The number of aryl methyl sites for hydroxylation is 1. The van der Waals surface area contributed by atoms with Gasteiger partial charge in [0.2, 0.25) is 17.7 Å². The summed E-state index contributed by atoms with van der Waals surface area (Å²) in [6.45, 7) is 8.28. The molecule has 2 bridgehead atoms. The van der Waals surface area contributed by atoms with Crippen LogP contribution >= 0.6 is 12.2 Å². The number of thiocarbonyl (C=S) groups is 1. The van der Waals surface area contributed by atoms with Crippen molar-refractivity contribution in [3.05, 3.63) is 77.4 Å². The molecule has 3 atom stereocenters. The Morgan fingerprint density at radius 1 is 1.00 bits per heavy atom. The number of carbonyl (C=O) groups excluding carboxylic acids is 4. The first-order valence-electron chi connectivity index (χ1n) is 19.6. The number of ether oxygens (including phenoxy) is 1. The second kappa shape index (κ2) is 16.6. The lowest BCUT2D eigenvalue weighted by Crippen LogP contribution is -2.56. The van der Waals surface area contributed by atoms with Gasteiger partial charge in [-0.05, 0) is 112 Å². The highest BCUT2D eigenvalue weighted by Crippen LogP contribution is 2.41. The summed E-state index contributed by atoms with van der Waals surface area (Å²) in [4.78, 5) is 57.9. The zero-order valence-electron chi connectivity index (χ0n) is 32.9. The van der Waals surface area contributed by atoms with Crippen molar-refractivity contribution in [1.82, 2.24) is 15.1 Å². The van der Waals surface area contributed by atoms with Gasteiger partial charge in [0.1, 0.15) is 23.9 Å². The first-order chi connectivity index (χ1) is 28.1. The number of benzene rings is 3. The maximum Gasteiger partial charge on any atom is 0.417 e. The quantitative estimate of drug-likeness (QED) is 0.158. The van der Waals surface area contributed by atoms with Gasteiger partial charge in [-0.3, -0.25) is 39.2 Å². The number of amides is 4. The van der Waals surface area contributed by atoms with Crippen LogP contribution in [0.4, 0.5) is 35.9 Å². The molecule has 3 aromatic carbocycles. The van der Waals surface area contributed by atoms with Gasteiger partial charge >= 0.3 is 6.18 Å². The Labute approximate surface area is 345 Å². The fourth-order valence-corrected chi connectivity index (χ4v) is 8.99. The largest absolute Gasteiger partial charge is 0.492 e. The van der Waals surface area contributed by atoms with E-state index >= 15 is 0 Å². The molecular weight excluding hydrogens is 786 g/mol. The second-order valence-electron chi connectivity index (χ2n) is 15.7. The number of fused-ring (bicyclic) bond motifs is 2. The summed E-state index contributed by atoms with van der Waals surface area (Å²) in [7, 11) is 0. The topological polar surface area (TPSA) is 150 Å². The minimum atomic E-state index is -4.80. The molecule has 59 heavy (non-hydrogen) atoms. The minimum absolute atomic E-state index is 0.0216. The number of halogens is 3. The van der Waals surface area contributed by atoms with Crippen LogP contribution < -0.4 is 30.5 Å². The van der Waals surface area contributed by atoms with Crippen LogP contribution in [0.5, 0.6) is 5.75 Å². The van der Waals surface area contributed by atoms with E-state index in [1.54, 1.807) is 49.1 Å². The first kappa shape index (κ1) is 41.6. The zero-order chi connectivity index (χ0) is 42.2. The highest BCUT2D eigenvalue weighted by Gasteiger charge is 2.51. The van der Waals surface area contributed by atoms with E-state index in [0.717, 1.165) is 48.5 Å². The summed E-state index contributed by atoms with van der Waals surface area (Å²) < 4.78 is 47.7. The smallest absolute Gasteiger partial charge is 0.417 e. The third kappa shape index (κ3) is 8.61. The summed E-state index contributed by atoms with van der Waals surface area (Å²) in [6, 6.07) is 17.3. The van der Waals surface area contributed by atoms with Crippen molar-refractivity contribution >= 4 is 63.7 Å². The number of carbonyl (C=O) groups is 4. The molecule has 17 heteroatoms. The number of nitrogens with one attached hydrogen (secondary N) is 3. The van der Waals surface area contributed by atoms with E-state index < -0.39 is 34.8 Å². The van der Waals surface area contributed by atoms with Crippen LogP contribution in [0, 0.1) is 11.3 Å². The van der Waals surface area contributed by atoms with Crippen molar-refractivity contribution in [2.75, 3.05) is 53.2 Å². The molecule has 4 amide bonds. The third-order valence-corrected chi connectivity index (χ3v) is 11.8. The third-order valence-electron chi connectivity index (χ3n) is 11.5. The molecular formula is C42H45F3N8O5S. The molecule has 4 aliphatic heterocycles. The number of hydrogen-bond donors (Lipinski definition) is 3. The summed E-state index contributed by atoms with van der Waals surface area (Å²) in [5.74, 6) is -0.581. The Morgan fingerprint density at radius 3 is 2.39 bits per heavy atom. The molecule has 7 rings (SSSR count). The number of hydrogen-bond acceptors (Lipinski definition) is 10. The molecule has 3 unspecified atom stereocenters. The number of nitriles is 1. The summed E-state index contributed by atoms with van der Waals surface area (Å²) in [5, 5.41) is 17.8. The number of alkyl halides is 3. The van der Waals surface area contributed by atoms with E-state index in [-0.39, 0.29) is 53.6 Å². The van der Waals surface area contributed by atoms with Crippen LogP contribution in [0.3, 0.4) is 0 Å². The van der Waals surface area contributed by atoms with Crippen molar-refractivity contribution in [2.45, 2.75) is 82.7 Å². The van der Waals surface area contributed by atoms with Crippen LogP contribution in [-0.2, 0) is 31.8 Å². The number of rotatable bonds is 12. The average molecular weight is 831 g/mol. The van der Waals surface area contributed by atoms with Crippen LogP contribution in [0.25, 0.3) is 0 Å². The van der Waals surface area contributed by atoms with Gasteiger partial charge < -0.3 is 20.3 Å². The maximum atomic E-state index is 13.8. The van der Waals surface area contributed by atoms with Crippen molar-refractivity contribution in [3.63, 3.8) is 0 Å². The summed E-state index contributed by atoms with van der Waals surface area (Å²) >= 11 is 5.73. The fourth-order valence-electron chi connectivity index (χ4n) is 8.47. The van der Waals surface area contributed by atoms with Crippen molar-refractivity contribution in [3.8, 4) is 11.8 Å². The zero-order valence-corrected chi connectivity index (χ0v) is 33.7.